The number of nitrogens with two attached hydrogens (primary N) is 1. The van der Waals surface area contributed by atoms with Crippen molar-refractivity contribution in [3.8, 4) is 0 Å². The van der Waals surface area contributed by atoms with Crippen LogP contribution in [0.5, 0.6) is 0 Å². The Kier molecular flexibility index (Phi) is 19.5. The number of phosphoric ester groups is 3. The summed E-state index contributed by atoms with van der Waals surface area (Å²) in [6.07, 6.45) is -14.0. The molecule has 13 atom stereocenters. The maximum atomic E-state index is 12.6. The molecular formula is C32H50N7O22P3S-4. The minimum absolute atomic E-state index is 0.0177. The molecule has 2 saturated heterocycles. The number of amides is 2. The topological polar surface area (TPSA) is 454 Å². The van der Waals surface area contributed by atoms with Crippen molar-refractivity contribution in [1.82, 2.24) is 30.2 Å². The molecule has 2 amide bonds. The Hall–Kier alpha value is -2.64. The monoisotopic (exact) mass is 1010 g/mol. The van der Waals surface area contributed by atoms with Crippen molar-refractivity contribution in [2.75, 3.05) is 37.8 Å². The number of carbonyl (C=O) groups excluding carboxylic acids is 3. The summed E-state index contributed by atoms with van der Waals surface area (Å²) in [6.45, 7) is 2.80. The van der Waals surface area contributed by atoms with Crippen LogP contribution < -0.4 is 35.9 Å². The van der Waals surface area contributed by atoms with E-state index < -0.39 is 126 Å². The van der Waals surface area contributed by atoms with E-state index in [4.69, 9.17) is 19.9 Å². The normalized spacial score (nSPS) is 27.3. The van der Waals surface area contributed by atoms with Gasteiger partial charge in [-0.15, -0.1) is 0 Å². The maximum Gasteiger partial charge on any atom is 0.274 e. The molecule has 4 rings (SSSR count). The molecule has 2 aromatic rings. The van der Waals surface area contributed by atoms with Crippen molar-refractivity contribution in [3.63, 3.8) is 0 Å². The first-order valence-electron chi connectivity index (χ1n) is 19.4. The Morgan fingerprint density at radius 3 is 2.37 bits per heavy atom. The molecule has 33 heteroatoms. The van der Waals surface area contributed by atoms with Gasteiger partial charge >= 0.3 is 0 Å². The van der Waals surface area contributed by atoms with Crippen molar-refractivity contribution in [2.45, 2.75) is 114 Å². The molecule has 370 valence electrons. The SMILES string of the molecule is C[C@@H]1O[C@@H](O[C@H](C)[C@@H](O)CC(=O)SCCNC(=O)CCNC(=O)[C@H](O)C(C)(C)COP(=O)([O-])OP(=O)([O-])OC[C@H]2O[C@@H](n3cnc4c(N)ncnc43)[C@H](O)[C@@H]2OP(=O)([O-])[O-])[C@H](O)C[C@H]1O. The molecule has 2 aliphatic rings. The zero-order valence-corrected chi connectivity index (χ0v) is 38.5. The molecule has 4 heterocycles. The molecule has 0 aliphatic carbocycles. The van der Waals surface area contributed by atoms with Gasteiger partial charge in [-0.1, -0.05) is 25.6 Å². The summed E-state index contributed by atoms with van der Waals surface area (Å²) >= 11 is 0.822. The lowest BCUT2D eigenvalue weighted by Gasteiger charge is -2.37. The van der Waals surface area contributed by atoms with Gasteiger partial charge in [-0.3, -0.25) is 28.1 Å². The lowest BCUT2D eigenvalue weighted by atomic mass is 9.87. The molecule has 0 aromatic carbocycles. The van der Waals surface area contributed by atoms with Crippen LogP contribution in [0.2, 0.25) is 0 Å². The first-order valence-corrected chi connectivity index (χ1v) is 24.8. The average Bonchev–Trinajstić information content (AvgIpc) is 3.76. The number of aliphatic hydroxyl groups is 5. The summed E-state index contributed by atoms with van der Waals surface area (Å²) < 4.78 is 71.6. The van der Waals surface area contributed by atoms with E-state index in [0.29, 0.717) is 0 Å². The van der Waals surface area contributed by atoms with Gasteiger partial charge in [-0.25, -0.2) is 19.3 Å². The number of hydrogen-bond acceptors (Lipinski definition) is 27. The number of carbonyl (C=O) groups is 3. The largest absolute Gasteiger partial charge is 0.790 e. The first-order chi connectivity index (χ1) is 30.1. The molecule has 2 unspecified atom stereocenters. The van der Waals surface area contributed by atoms with Crippen LogP contribution in [0.25, 0.3) is 11.2 Å². The van der Waals surface area contributed by atoms with Crippen LogP contribution in [0.3, 0.4) is 0 Å². The zero-order chi connectivity index (χ0) is 48.7. The molecule has 9 N–H and O–H groups in total. The standard InChI is InChI=1S/C32H54N7O22P3S/c1-15-17(40)9-19(42)31(57-15)58-16(2)18(41)10-22(44)65-8-7-34-21(43)5-6-35-29(47)26(46)32(3,4)12-56-64(53,54)61-63(51,52)55-11-20-25(60-62(48,49)50)24(45)30(59-20)39-14-38-23-27(33)36-13-37-28(23)39/h13-20,24-26,30-31,40-42,45-46H,5-12H2,1-4H3,(H,34,43)(H,35,47)(H,51,52)(H,53,54)(H2,33,36,37)(H2,48,49,50)/p-4/t15-,16+,17+,18-,19+,20+,24+,25+,26-,30+,31-/m0/s1. The minimum atomic E-state index is -5.95. The van der Waals surface area contributed by atoms with Crippen molar-refractivity contribution in [1.29, 1.82) is 0 Å². The number of phosphoric acid groups is 3. The number of ether oxygens (including phenoxy) is 3. The molecule has 2 aliphatic heterocycles. The maximum absolute atomic E-state index is 12.6. The highest BCUT2D eigenvalue weighted by Gasteiger charge is 2.47. The minimum Gasteiger partial charge on any atom is -0.790 e. The number of thioether (sulfide) groups is 1. The second-order valence-electron chi connectivity index (χ2n) is 15.4. The Morgan fingerprint density at radius 2 is 1.69 bits per heavy atom. The van der Waals surface area contributed by atoms with Crippen LogP contribution in [-0.2, 0) is 60.2 Å². The van der Waals surface area contributed by atoms with Gasteiger partial charge in [0.1, 0.15) is 42.4 Å². The number of imidazole rings is 1. The average molecular weight is 1010 g/mol. The van der Waals surface area contributed by atoms with Gasteiger partial charge in [0.15, 0.2) is 29.1 Å². The first kappa shape index (κ1) is 55.0. The Bertz CT molecular complexity index is 2100. The molecule has 0 spiro atoms. The molecule has 2 fully saturated rings. The fourth-order valence-corrected chi connectivity index (χ4v) is 9.49. The quantitative estimate of drug-likeness (QED) is 0.0361. The number of hydrogen-bond donors (Lipinski definition) is 8. The summed E-state index contributed by atoms with van der Waals surface area (Å²) in [7, 11) is -17.7. The third-order valence-corrected chi connectivity index (χ3v) is 13.6. The highest BCUT2D eigenvalue weighted by Crippen LogP contribution is 2.56. The van der Waals surface area contributed by atoms with E-state index in [2.05, 4.69) is 43.5 Å². The third kappa shape index (κ3) is 16.2. The van der Waals surface area contributed by atoms with E-state index in [9.17, 15) is 73.2 Å². The van der Waals surface area contributed by atoms with Crippen LogP contribution in [0.1, 0.15) is 53.2 Å². The Labute approximate surface area is 374 Å². The van der Waals surface area contributed by atoms with Crippen molar-refractivity contribution in [2.24, 2.45) is 5.41 Å². The van der Waals surface area contributed by atoms with Gasteiger partial charge in [0, 0.05) is 43.5 Å². The van der Waals surface area contributed by atoms with Crippen LogP contribution in [0.4, 0.5) is 5.82 Å². The number of anilines is 1. The van der Waals surface area contributed by atoms with Crippen molar-refractivity contribution in [3.05, 3.63) is 12.7 Å². The van der Waals surface area contributed by atoms with Crippen molar-refractivity contribution < 1.29 is 105 Å². The second kappa shape index (κ2) is 23.1. The van der Waals surface area contributed by atoms with E-state index in [1.54, 1.807) is 6.92 Å². The van der Waals surface area contributed by atoms with Gasteiger partial charge in [0.05, 0.1) is 51.8 Å². The molecule has 65 heavy (non-hydrogen) atoms. The third-order valence-electron chi connectivity index (χ3n) is 9.69. The highest BCUT2D eigenvalue weighted by molar-refractivity contribution is 8.13. The van der Waals surface area contributed by atoms with Crippen LogP contribution >= 0.6 is 35.2 Å². The van der Waals surface area contributed by atoms with E-state index >= 15 is 0 Å². The van der Waals surface area contributed by atoms with E-state index in [1.807, 2.05) is 0 Å². The van der Waals surface area contributed by atoms with Gasteiger partial charge in [-0.2, -0.15) is 0 Å². The van der Waals surface area contributed by atoms with Gasteiger partial charge in [-0.05, 0) is 13.8 Å². The molecule has 0 radical (unpaired) electrons. The smallest absolute Gasteiger partial charge is 0.274 e. The number of nitrogens with one attached hydrogen (secondary N) is 2. The summed E-state index contributed by atoms with van der Waals surface area (Å²) in [4.78, 5) is 96.8. The summed E-state index contributed by atoms with van der Waals surface area (Å²) in [6, 6.07) is 0. The second-order valence-corrected chi connectivity index (χ2v) is 20.6. The predicted molar refractivity (Wildman–Crippen MR) is 210 cm³/mol. The number of aromatic nitrogens is 4. The van der Waals surface area contributed by atoms with Crippen LogP contribution in [0, 0.1) is 5.41 Å². The number of rotatable bonds is 24. The highest BCUT2D eigenvalue weighted by atomic mass is 32.2. The number of aliphatic hydroxyl groups excluding tert-OH is 5. The fourth-order valence-electron chi connectivity index (χ4n) is 6.04. The van der Waals surface area contributed by atoms with E-state index in [1.165, 1.54) is 20.8 Å². The van der Waals surface area contributed by atoms with Gasteiger partial charge in [0.2, 0.25) is 11.8 Å². The zero-order valence-electron chi connectivity index (χ0n) is 35.0. The molecule has 0 bridgehead atoms. The van der Waals surface area contributed by atoms with Crippen LogP contribution in [0.15, 0.2) is 12.7 Å². The fraction of sp³-hybridized carbons (Fsp3) is 0.750. The Balaban J connectivity index is 1.16. The lowest BCUT2D eigenvalue weighted by molar-refractivity contribution is -0.347. The van der Waals surface area contributed by atoms with Crippen LogP contribution in [-0.4, -0.2) is 155 Å². The molecule has 2 aromatic heterocycles. The number of fused-ring (bicyclic) bond motifs is 1. The molecule has 29 nitrogen and oxygen atoms in total. The Morgan fingerprint density at radius 1 is 1.02 bits per heavy atom. The van der Waals surface area contributed by atoms with Gasteiger partial charge < -0.3 is 93.8 Å². The predicted octanol–water partition coefficient (Wildman–Crippen LogP) is -4.85. The van der Waals surface area contributed by atoms with Crippen molar-refractivity contribution >= 4 is 69.1 Å². The van der Waals surface area contributed by atoms with E-state index in [-0.39, 0.29) is 55.1 Å². The summed E-state index contributed by atoms with van der Waals surface area (Å²) in [5.74, 6) is -1.60. The number of nitrogens with zero attached hydrogens (tertiary/aromatic N) is 4. The summed E-state index contributed by atoms with van der Waals surface area (Å²) in [5, 5.41) is 56.0. The lowest BCUT2D eigenvalue weighted by Crippen LogP contribution is -2.49. The molecular weight excluding hydrogens is 959 g/mol. The van der Waals surface area contributed by atoms with E-state index in [0.717, 1.165) is 29.0 Å². The molecule has 0 saturated carbocycles. The number of nitrogen functional groups attached to an aromatic ring is 1. The summed E-state index contributed by atoms with van der Waals surface area (Å²) in [5.41, 5.74) is 3.99. The van der Waals surface area contributed by atoms with Gasteiger partial charge in [0.25, 0.3) is 15.6 Å².